The van der Waals surface area contributed by atoms with Crippen LogP contribution in [0.4, 0.5) is 0 Å². The van der Waals surface area contributed by atoms with E-state index in [1.54, 1.807) is 11.3 Å². The van der Waals surface area contributed by atoms with Crippen LogP contribution in [-0.2, 0) is 12.8 Å². The minimum Gasteiger partial charge on any atom is -0.349 e. The molecule has 4 heteroatoms. The fourth-order valence-corrected chi connectivity index (χ4v) is 2.91. The van der Waals surface area contributed by atoms with Crippen LogP contribution < -0.4 is 11.1 Å². The van der Waals surface area contributed by atoms with Crippen molar-refractivity contribution in [1.29, 1.82) is 0 Å². The topological polar surface area (TPSA) is 55.1 Å². The first kappa shape index (κ1) is 14.8. The van der Waals surface area contributed by atoms with E-state index < -0.39 is 0 Å². The number of hydrogen-bond donors (Lipinski definition) is 2. The maximum Gasteiger partial charge on any atom is 0.251 e. The third-order valence-electron chi connectivity index (χ3n) is 3.18. The number of nitrogens with one attached hydrogen (secondary N) is 1. The molecule has 2 rings (SSSR count). The van der Waals surface area contributed by atoms with E-state index >= 15 is 0 Å². The number of carbonyl (C=O) groups excluding carboxylic acids is 1. The van der Waals surface area contributed by atoms with Crippen molar-refractivity contribution in [3.05, 3.63) is 57.8 Å². The van der Waals surface area contributed by atoms with E-state index in [9.17, 15) is 4.79 Å². The van der Waals surface area contributed by atoms with Gasteiger partial charge in [0, 0.05) is 11.6 Å². The van der Waals surface area contributed by atoms with Gasteiger partial charge < -0.3 is 11.1 Å². The second-order valence-electron chi connectivity index (χ2n) is 4.91. The first-order chi connectivity index (χ1) is 9.70. The van der Waals surface area contributed by atoms with Crippen LogP contribution >= 0.6 is 11.3 Å². The summed E-state index contributed by atoms with van der Waals surface area (Å²) in [6.45, 7) is 2.58. The number of carbonyl (C=O) groups is 1. The number of hydrogen-bond acceptors (Lipinski definition) is 3. The molecular formula is C16H20N2OS. The average molecular weight is 288 g/mol. The van der Waals surface area contributed by atoms with Gasteiger partial charge in [-0.1, -0.05) is 18.2 Å². The lowest BCUT2D eigenvalue weighted by Gasteiger charge is -2.15. The molecule has 3 nitrogen and oxygen atoms in total. The second-order valence-corrected chi connectivity index (χ2v) is 5.69. The summed E-state index contributed by atoms with van der Waals surface area (Å²) in [6.07, 6.45) is 1.58. The predicted octanol–water partition coefficient (Wildman–Crippen LogP) is 2.61. The van der Waals surface area contributed by atoms with Crippen molar-refractivity contribution in [2.24, 2.45) is 5.73 Å². The monoisotopic (exact) mass is 288 g/mol. The van der Waals surface area contributed by atoms with Crippen LogP contribution in [0.25, 0.3) is 0 Å². The Labute approximate surface area is 123 Å². The van der Waals surface area contributed by atoms with Gasteiger partial charge in [-0.2, -0.15) is 11.3 Å². The van der Waals surface area contributed by atoms with Crippen molar-refractivity contribution in [3.8, 4) is 0 Å². The number of benzene rings is 1. The summed E-state index contributed by atoms with van der Waals surface area (Å²) in [4.78, 5) is 12.3. The van der Waals surface area contributed by atoms with Crippen LogP contribution in [-0.4, -0.2) is 18.5 Å². The zero-order valence-electron chi connectivity index (χ0n) is 11.6. The quantitative estimate of drug-likeness (QED) is 0.858. The Morgan fingerprint density at radius 2 is 2.15 bits per heavy atom. The highest BCUT2D eigenvalue weighted by Gasteiger charge is 2.13. The van der Waals surface area contributed by atoms with Crippen molar-refractivity contribution in [2.75, 3.05) is 6.54 Å². The highest BCUT2D eigenvalue weighted by atomic mass is 32.1. The van der Waals surface area contributed by atoms with E-state index in [1.807, 2.05) is 31.2 Å². The minimum atomic E-state index is -0.0169. The second kappa shape index (κ2) is 7.22. The van der Waals surface area contributed by atoms with Gasteiger partial charge in [0.1, 0.15) is 0 Å². The summed E-state index contributed by atoms with van der Waals surface area (Å²) in [5.41, 5.74) is 8.59. The molecule has 1 atom stereocenters. The van der Waals surface area contributed by atoms with Crippen LogP contribution in [0.3, 0.4) is 0 Å². The van der Waals surface area contributed by atoms with Crippen molar-refractivity contribution in [3.63, 3.8) is 0 Å². The van der Waals surface area contributed by atoms with E-state index in [4.69, 9.17) is 5.73 Å². The average Bonchev–Trinajstić information content (AvgIpc) is 2.92. The van der Waals surface area contributed by atoms with E-state index in [-0.39, 0.29) is 11.9 Å². The van der Waals surface area contributed by atoms with Gasteiger partial charge in [-0.3, -0.25) is 4.79 Å². The van der Waals surface area contributed by atoms with Crippen molar-refractivity contribution < 1.29 is 4.79 Å². The molecule has 0 aliphatic carbocycles. The Hall–Kier alpha value is -1.65. The third kappa shape index (κ3) is 3.92. The van der Waals surface area contributed by atoms with Gasteiger partial charge >= 0.3 is 0 Å². The molecule has 20 heavy (non-hydrogen) atoms. The molecule has 1 aromatic heterocycles. The Bertz CT molecular complexity index is 551. The maximum atomic E-state index is 12.3. The van der Waals surface area contributed by atoms with Gasteiger partial charge in [0.05, 0.1) is 0 Å². The molecule has 106 valence electrons. The van der Waals surface area contributed by atoms with E-state index in [2.05, 4.69) is 22.1 Å². The predicted molar refractivity (Wildman–Crippen MR) is 84.2 cm³/mol. The van der Waals surface area contributed by atoms with Gasteiger partial charge in [0.25, 0.3) is 5.91 Å². The molecule has 0 bridgehead atoms. The van der Waals surface area contributed by atoms with Gasteiger partial charge in [0.15, 0.2) is 0 Å². The molecule has 3 N–H and O–H groups in total. The summed E-state index contributed by atoms with van der Waals surface area (Å²) in [7, 11) is 0. The van der Waals surface area contributed by atoms with Crippen molar-refractivity contribution >= 4 is 17.2 Å². The Morgan fingerprint density at radius 3 is 2.85 bits per heavy atom. The molecule has 1 unspecified atom stereocenters. The minimum absolute atomic E-state index is 0.0169. The highest BCUT2D eigenvalue weighted by molar-refractivity contribution is 7.07. The molecule has 0 fully saturated rings. The molecule has 1 heterocycles. The Morgan fingerprint density at radius 1 is 1.35 bits per heavy atom. The lowest BCUT2D eigenvalue weighted by molar-refractivity contribution is 0.0939. The summed E-state index contributed by atoms with van der Waals surface area (Å²) in [6, 6.07) is 9.86. The number of nitrogens with two attached hydrogens (primary N) is 1. The standard InChI is InChI=1S/C16H20N2OS/c1-12(10-13-7-9-20-11-13)18-16(19)15-5-3-2-4-14(15)6-8-17/h2-5,7,9,11-12H,6,8,10,17H2,1H3,(H,18,19). The molecule has 0 radical (unpaired) electrons. The molecule has 1 amide bonds. The molecule has 0 spiro atoms. The van der Waals surface area contributed by atoms with Gasteiger partial charge in [-0.25, -0.2) is 0 Å². The van der Waals surface area contributed by atoms with Crippen LogP contribution in [0.5, 0.6) is 0 Å². The lowest BCUT2D eigenvalue weighted by Crippen LogP contribution is -2.34. The third-order valence-corrected chi connectivity index (χ3v) is 3.91. The zero-order chi connectivity index (χ0) is 14.4. The summed E-state index contributed by atoms with van der Waals surface area (Å²) in [5.74, 6) is -0.0169. The highest BCUT2D eigenvalue weighted by Crippen LogP contribution is 2.11. The number of rotatable bonds is 6. The van der Waals surface area contributed by atoms with E-state index in [0.29, 0.717) is 6.54 Å². The van der Waals surface area contributed by atoms with Gasteiger partial charge in [0.2, 0.25) is 0 Å². The smallest absolute Gasteiger partial charge is 0.251 e. The molecule has 2 aromatic rings. The first-order valence-electron chi connectivity index (χ1n) is 6.80. The molecule has 1 aromatic carbocycles. The molecule has 0 saturated carbocycles. The summed E-state index contributed by atoms with van der Waals surface area (Å²) < 4.78 is 0. The Kier molecular flexibility index (Phi) is 5.32. The Balaban J connectivity index is 2.00. The fourth-order valence-electron chi connectivity index (χ4n) is 2.23. The largest absolute Gasteiger partial charge is 0.349 e. The van der Waals surface area contributed by atoms with Crippen LogP contribution in [0.15, 0.2) is 41.1 Å². The summed E-state index contributed by atoms with van der Waals surface area (Å²) in [5, 5.41) is 7.23. The lowest BCUT2D eigenvalue weighted by atomic mass is 10.0. The molecular weight excluding hydrogens is 268 g/mol. The normalized spacial score (nSPS) is 12.1. The van der Waals surface area contributed by atoms with Gasteiger partial charge in [-0.15, -0.1) is 0 Å². The van der Waals surface area contributed by atoms with Crippen LogP contribution in [0, 0.1) is 0 Å². The first-order valence-corrected chi connectivity index (χ1v) is 7.75. The number of thiophene rings is 1. The molecule has 0 saturated heterocycles. The van der Waals surface area contributed by atoms with E-state index in [1.165, 1.54) is 5.56 Å². The van der Waals surface area contributed by atoms with E-state index in [0.717, 1.165) is 24.0 Å². The SMILES string of the molecule is CC(Cc1ccsc1)NC(=O)c1ccccc1CCN. The molecule has 0 aliphatic heterocycles. The molecule has 0 aliphatic rings. The van der Waals surface area contributed by atoms with Crippen LogP contribution in [0.2, 0.25) is 0 Å². The summed E-state index contributed by atoms with van der Waals surface area (Å²) >= 11 is 1.68. The van der Waals surface area contributed by atoms with Crippen LogP contribution in [0.1, 0.15) is 28.4 Å². The maximum absolute atomic E-state index is 12.3. The zero-order valence-corrected chi connectivity index (χ0v) is 12.5. The van der Waals surface area contributed by atoms with Gasteiger partial charge in [-0.05, 0) is 60.3 Å². The van der Waals surface area contributed by atoms with Crippen molar-refractivity contribution in [1.82, 2.24) is 5.32 Å². The fraction of sp³-hybridized carbons (Fsp3) is 0.312. The van der Waals surface area contributed by atoms with Crippen molar-refractivity contribution in [2.45, 2.75) is 25.8 Å². The number of amides is 1.